The molecule has 0 aromatic carbocycles. The number of aromatic nitrogens is 2. The average molecular weight is 307 g/mol. The van der Waals surface area contributed by atoms with Crippen molar-refractivity contribution in [3.63, 3.8) is 0 Å². The molecule has 0 atom stereocenters. The molecule has 22 heavy (non-hydrogen) atoms. The van der Waals surface area contributed by atoms with E-state index in [1.807, 2.05) is 0 Å². The predicted octanol–water partition coefficient (Wildman–Crippen LogP) is 0.577. The van der Waals surface area contributed by atoms with E-state index in [2.05, 4.69) is 10.3 Å². The van der Waals surface area contributed by atoms with E-state index in [0.29, 0.717) is 17.7 Å². The number of hydrogen-bond donors (Lipinski definition) is 3. The summed E-state index contributed by atoms with van der Waals surface area (Å²) in [6.07, 6.45) is 5.97. The third kappa shape index (κ3) is 5.70. The smallest absolute Gasteiger partial charge is 0.407 e. The number of nitrogens with one attached hydrogen (secondary N) is 1. The minimum Gasteiger partial charge on any atom is -0.444 e. The molecular weight excluding hydrogens is 286 g/mol. The van der Waals surface area contributed by atoms with Crippen molar-refractivity contribution >= 4 is 18.2 Å². The van der Waals surface area contributed by atoms with Gasteiger partial charge in [0.1, 0.15) is 17.7 Å². The molecule has 0 bridgehead atoms. The fourth-order valence-corrected chi connectivity index (χ4v) is 1.50. The van der Waals surface area contributed by atoms with Gasteiger partial charge in [-0.05, 0) is 26.8 Å². The van der Waals surface area contributed by atoms with E-state index in [1.165, 1.54) is 12.4 Å². The molecule has 0 saturated heterocycles. The van der Waals surface area contributed by atoms with Crippen LogP contribution in [-0.4, -0.2) is 34.1 Å². The number of carbonyl (C=O) groups excluding carboxylic acids is 2. The van der Waals surface area contributed by atoms with Crippen molar-refractivity contribution in [1.29, 1.82) is 0 Å². The lowest BCUT2D eigenvalue weighted by Crippen LogP contribution is -2.34. The highest BCUT2D eigenvalue weighted by Crippen LogP contribution is 2.09. The largest absolute Gasteiger partial charge is 0.444 e. The topological polar surface area (TPSA) is 125 Å². The van der Waals surface area contributed by atoms with E-state index in [0.717, 1.165) is 0 Å². The molecule has 120 valence electrons. The summed E-state index contributed by atoms with van der Waals surface area (Å²) in [5.74, 6) is 0.290. The standard InChI is InChI=1S/C14H21N5O3/c1-14(2,3)22-13(21)18-7-10(6-11(15)8-20)12(16)19-5-4-17-9-19/h4-6,8-9H,7,15-16H2,1-3H3,(H,18,21)/b11-6-,12-10-. The maximum absolute atomic E-state index is 11.7. The van der Waals surface area contributed by atoms with Crippen molar-refractivity contribution < 1.29 is 14.3 Å². The van der Waals surface area contributed by atoms with Crippen LogP contribution in [0.2, 0.25) is 0 Å². The van der Waals surface area contributed by atoms with Crippen LogP contribution in [-0.2, 0) is 9.53 Å². The van der Waals surface area contributed by atoms with Gasteiger partial charge in [-0.15, -0.1) is 0 Å². The van der Waals surface area contributed by atoms with E-state index in [-0.39, 0.29) is 12.2 Å². The SMILES string of the molecule is CC(C)(C)OC(=O)NCC(/C=C(\N)C=O)=C(/N)n1ccnc1. The van der Waals surface area contributed by atoms with Gasteiger partial charge in [-0.3, -0.25) is 9.36 Å². The number of nitrogens with two attached hydrogens (primary N) is 2. The molecule has 1 aromatic heterocycles. The molecule has 5 N–H and O–H groups in total. The molecule has 0 aliphatic carbocycles. The first kappa shape index (κ1) is 17.3. The summed E-state index contributed by atoms with van der Waals surface area (Å²) in [7, 11) is 0. The van der Waals surface area contributed by atoms with E-state index in [4.69, 9.17) is 16.2 Å². The van der Waals surface area contributed by atoms with Crippen LogP contribution < -0.4 is 16.8 Å². The lowest BCUT2D eigenvalue weighted by molar-refractivity contribution is -0.104. The molecule has 0 fully saturated rings. The normalized spacial score (nSPS) is 13.3. The molecule has 0 spiro atoms. The molecule has 1 amide bonds. The molecule has 0 aliphatic heterocycles. The molecule has 8 nitrogen and oxygen atoms in total. The summed E-state index contributed by atoms with van der Waals surface area (Å²) in [6.45, 7) is 5.32. The molecule has 0 saturated carbocycles. The van der Waals surface area contributed by atoms with Gasteiger partial charge in [0, 0.05) is 24.5 Å². The van der Waals surface area contributed by atoms with Crippen LogP contribution in [0.3, 0.4) is 0 Å². The van der Waals surface area contributed by atoms with Crippen molar-refractivity contribution in [3.8, 4) is 0 Å². The molecular formula is C14H21N5O3. The predicted molar refractivity (Wildman–Crippen MR) is 82.2 cm³/mol. The maximum Gasteiger partial charge on any atom is 0.407 e. The number of hydrogen-bond acceptors (Lipinski definition) is 6. The highest BCUT2D eigenvalue weighted by Gasteiger charge is 2.16. The second kappa shape index (κ2) is 7.30. The Balaban J connectivity index is 2.92. The summed E-state index contributed by atoms with van der Waals surface area (Å²) in [4.78, 5) is 26.3. The van der Waals surface area contributed by atoms with Crippen LogP contribution in [0, 0.1) is 0 Å². The third-order valence-corrected chi connectivity index (χ3v) is 2.41. The Hall–Kier alpha value is -2.77. The van der Waals surface area contributed by atoms with Crippen molar-refractivity contribution in [1.82, 2.24) is 14.9 Å². The van der Waals surface area contributed by atoms with E-state index in [1.54, 1.807) is 37.7 Å². The molecule has 0 unspecified atom stereocenters. The summed E-state index contributed by atoms with van der Waals surface area (Å²) in [5.41, 5.74) is 11.3. The van der Waals surface area contributed by atoms with Crippen LogP contribution in [0.25, 0.3) is 5.82 Å². The molecule has 1 heterocycles. The highest BCUT2D eigenvalue weighted by atomic mass is 16.6. The summed E-state index contributed by atoms with van der Waals surface area (Å²) < 4.78 is 6.68. The van der Waals surface area contributed by atoms with E-state index >= 15 is 0 Å². The van der Waals surface area contributed by atoms with Gasteiger partial charge in [0.05, 0.1) is 5.70 Å². The summed E-state index contributed by atoms with van der Waals surface area (Å²) in [5, 5.41) is 2.56. The second-order valence-corrected chi connectivity index (χ2v) is 5.50. The minimum absolute atomic E-state index is 0.0101. The molecule has 8 heteroatoms. The highest BCUT2D eigenvalue weighted by molar-refractivity contribution is 5.74. The van der Waals surface area contributed by atoms with Gasteiger partial charge >= 0.3 is 6.09 Å². The Morgan fingerprint density at radius 1 is 1.41 bits per heavy atom. The van der Waals surface area contributed by atoms with Gasteiger partial charge in [-0.1, -0.05) is 0 Å². The Morgan fingerprint density at radius 2 is 2.09 bits per heavy atom. The van der Waals surface area contributed by atoms with Gasteiger partial charge < -0.3 is 21.5 Å². The monoisotopic (exact) mass is 307 g/mol. The van der Waals surface area contributed by atoms with Crippen LogP contribution in [0.1, 0.15) is 20.8 Å². The number of rotatable bonds is 5. The number of allylic oxidation sites excluding steroid dienone is 1. The van der Waals surface area contributed by atoms with Crippen molar-refractivity contribution in [2.75, 3.05) is 6.54 Å². The Labute approximate surface area is 128 Å². The minimum atomic E-state index is -0.610. The zero-order chi connectivity index (χ0) is 16.8. The molecule has 0 aliphatic rings. The fourth-order valence-electron chi connectivity index (χ4n) is 1.50. The number of amides is 1. The Kier molecular flexibility index (Phi) is 5.73. The lowest BCUT2D eigenvalue weighted by Gasteiger charge is -2.20. The van der Waals surface area contributed by atoms with Crippen LogP contribution in [0.15, 0.2) is 36.1 Å². The number of imidazole rings is 1. The fraction of sp³-hybridized carbons (Fsp3) is 0.357. The number of ether oxygens (including phenoxy) is 1. The number of alkyl carbamates (subject to hydrolysis) is 1. The van der Waals surface area contributed by atoms with Gasteiger partial charge in [0.2, 0.25) is 0 Å². The summed E-state index contributed by atoms with van der Waals surface area (Å²) in [6, 6.07) is 0. The average Bonchev–Trinajstić information content (AvgIpc) is 2.94. The maximum atomic E-state index is 11.7. The van der Waals surface area contributed by atoms with Crippen LogP contribution >= 0.6 is 0 Å². The van der Waals surface area contributed by atoms with E-state index < -0.39 is 11.7 Å². The quantitative estimate of drug-likeness (QED) is 0.415. The first-order chi connectivity index (χ1) is 10.2. The third-order valence-electron chi connectivity index (χ3n) is 2.41. The number of carbonyl (C=O) groups is 2. The first-order valence-electron chi connectivity index (χ1n) is 6.59. The van der Waals surface area contributed by atoms with Crippen molar-refractivity contribution in [3.05, 3.63) is 36.1 Å². The van der Waals surface area contributed by atoms with Crippen LogP contribution in [0.4, 0.5) is 4.79 Å². The second-order valence-electron chi connectivity index (χ2n) is 5.50. The lowest BCUT2D eigenvalue weighted by atomic mass is 10.2. The van der Waals surface area contributed by atoms with E-state index in [9.17, 15) is 9.59 Å². The Bertz CT molecular complexity index is 582. The van der Waals surface area contributed by atoms with Gasteiger partial charge in [0.15, 0.2) is 6.29 Å². The number of nitrogens with zero attached hydrogens (tertiary/aromatic N) is 2. The van der Waals surface area contributed by atoms with Crippen molar-refractivity contribution in [2.24, 2.45) is 11.5 Å². The van der Waals surface area contributed by atoms with Gasteiger partial charge in [-0.25, -0.2) is 9.78 Å². The molecule has 1 rings (SSSR count). The number of aldehydes is 1. The molecule has 0 radical (unpaired) electrons. The molecule has 1 aromatic rings. The zero-order valence-corrected chi connectivity index (χ0v) is 12.9. The van der Waals surface area contributed by atoms with Gasteiger partial charge in [0.25, 0.3) is 0 Å². The first-order valence-corrected chi connectivity index (χ1v) is 6.59. The zero-order valence-electron chi connectivity index (χ0n) is 12.9. The van der Waals surface area contributed by atoms with Crippen molar-refractivity contribution in [2.45, 2.75) is 26.4 Å². The summed E-state index contributed by atoms with van der Waals surface area (Å²) >= 11 is 0. The Morgan fingerprint density at radius 3 is 2.59 bits per heavy atom. The van der Waals surface area contributed by atoms with Gasteiger partial charge in [-0.2, -0.15) is 0 Å². The van der Waals surface area contributed by atoms with Crippen LogP contribution in [0.5, 0.6) is 0 Å².